The molecule has 12 nitrogen and oxygen atoms in total. The highest BCUT2D eigenvalue weighted by atomic mass is 32.2. The standard InChI is InChI=1S/C31H38N4O8S/c1-5-6-17-32-31(37)28(19-23-11-8-7-9-12-23)33(21-24-13-10-14-26(18-24)42-2)30(36)22-34(44(4,40)41)27-20-25(35(38)39)15-16-29(27)43-3/h7-16,18,20,28H,5-6,17,19,21-22H2,1-4H3,(H,32,37). The number of hydrogen-bond acceptors (Lipinski definition) is 8. The Balaban J connectivity index is 2.12. The number of sulfonamides is 1. The van der Waals surface area contributed by atoms with Crippen molar-refractivity contribution in [3.8, 4) is 11.5 Å². The van der Waals surface area contributed by atoms with Crippen LogP contribution in [0.1, 0.15) is 30.9 Å². The maximum absolute atomic E-state index is 14.3. The third-order valence-electron chi connectivity index (χ3n) is 6.91. The van der Waals surface area contributed by atoms with E-state index in [1.807, 2.05) is 37.3 Å². The molecule has 0 aliphatic rings. The molecule has 3 rings (SSSR count). The van der Waals surface area contributed by atoms with E-state index in [1.54, 1.807) is 24.3 Å². The molecule has 0 fully saturated rings. The summed E-state index contributed by atoms with van der Waals surface area (Å²) in [6.45, 7) is 1.61. The molecule has 44 heavy (non-hydrogen) atoms. The van der Waals surface area contributed by atoms with Crippen LogP contribution in [0.4, 0.5) is 11.4 Å². The number of hydrogen-bond donors (Lipinski definition) is 1. The topological polar surface area (TPSA) is 148 Å². The first-order valence-corrected chi connectivity index (χ1v) is 15.9. The van der Waals surface area contributed by atoms with Crippen molar-refractivity contribution in [3.05, 3.63) is 94.0 Å². The molecule has 0 heterocycles. The molecule has 13 heteroatoms. The smallest absolute Gasteiger partial charge is 0.271 e. The van der Waals surface area contributed by atoms with Gasteiger partial charge in [0.1, 0.15) is 29.8 Å². The predicted octanol–water partition coefficient (Wildman–Crippen LogP) is 3.93. The molecule has 1 atom stereocenters. The van der Waals surface area contributed by atoms with Crippen molar-refractivity contribution in [1.82, 2.24) is 10.2 Å². The molecule has 2 amide bonds. The van der Waals surface area contributed by atoms with Gasteiger partial charge >= 0.3 is 0 Å². The van der Waals surface area contributed by atoms with Crippen LogP contribution >= 0.6 is 0 Å². The van der Waals surface area contributed by atoms with E-state index in [0.717, 1.165) is 35.0 Å². The van der Waals surface area contributed by atoms with Gasteiger partial charge in [-0.3, -0.25) is 24.0 Å². The van der Waals surface area contributed by atoms with Crippen LogP contribution in [0.5, 0.6) is 11.5 Å². The summed E-state index contributed by atoms with van der Waals surface area (Å²) in [6, 6.07) is 18.7. The molecule has 0 radical (unpaired) electrons. The zero-order chi connectivity index (χ0) is 32.3. The van der Waals surface area contributed by atoms with Gasteiger partial charge in [0.25, 0.3) is 5.69 Å². The van der Waals surface area contributed by atoms with Crippen LogP contribution < -0.4 is 19.1 Å². The first-order chi connectivity index (χ1) is 21.0. The van der Waals surface area contributed by atoms with Gasteiger partial charge in [0.2, 0.25) is 21.8 Å². The van der Waals surface area contributed by atoms with Crippen LogP contribution in [-0.4, -0.2) is 69.7 Å². The Morgan fingerprint density at radius 1 is 0.977 bits per heavy atom. The third-order valence-corrected chi connectivity index (χ3v) is 8.04. The van der Waals surface area contributed by atoms with Gasteiger partial charge in [-0.1, -0.05) is 55.8 Å². The van der Waals surface area contributed by atoms with Crippen molar-refractivity contribution in [2.45, 2.75) is 38.8 Å². The average Bonchev–Trinajstić information content (AvgIpc) is 3.01. The zero-order valence-corrected chi connectivity index (χ0v) is 26.1. The number of non-ortho nitro benzene ring substituents is 1. The van der Waals surface area contributed by atoms with E-state index < -0.39 is 39.3 Å². The second-order valence-corrected chi connectivity index (χ2v) is 12.0. The van der Waals surface area contributed by atoms with E-state index in [2.05, 4.69) is 5.32 Å². The normalized spacial score (nSPS) is 11.7. The average molecular weight is 627 g/mol. The maximum atomic E-state index is 14.3. The Hall–Kier alpha value is -4.65. The highest BCUT2D eigenvalue weighted by Crippen LogP contribution is 2.34. The number of amides is 2. The molecule has 236 valence electrons. The summed E-state index contributed by atoms with van der Waals surface area (Å²) in [5.41, 5.74) is 0.890. The number of rotatable bonds is 16. The predicted molar refractivity (Wildman–Crippen MR) is 167 cm³/mol. The van der Waals surface area contributed by atoms with Crippen molar-refractivity contribution >= 4 is 33.2 Å². The molecule has 0 spiro atoms. The number of carbonyl (C=O) groups is 2. The monoisotopic (exact) mass is 626 g/mol. The number of ether oxygens (including phenoxy) is 2. The largest absolute Gasteiger partial charge is 0.497 e. The van der Waals surface area contributed by atoms with Gasteiger partial charge in [0, 0.05) is 31.6 Å². The summed E-state index contributed by atoms with van der Waals surface area (Å²) in [4.78, 5) is 40.1. The Bertz CT molecular complexity index is 1550. The maximum Gasteiger partial charge on any atom is 0.271 e. The highest BCUT2D eigenvalue weighted by molar-refractivity contribution is 7.92. The molecule has 1 unspecified atom stereocenters. The minimum absolute atomic E-state index is 0.0197. The molecule has 0 aliphatic carbocycles. The molecule has 3 aromatic carbocycles. The lowest BCUT2D eigenvalue weighted by molar-refractivity contribution is -0.384. The highest BCUT2D eigenvalue weighted by Gasteiger charge is 2.34. The summed E-state index contributed by atoms with van der Waals surface area (Å²) >= 11 is 0. The van der Waals surface area contributed by atoms with E-state index in [9.17, 15) is 28.1 Å². The number of nitrogens with one attached hydrogen (secondary N) is 1. The van der Waals surface area contributed by atoms with E-state index in [-0.39, 0.29) is 30.1 Å². The minimum atomic E-state index is -4.16. The fourth-order valence-electron chi connectivity index (χ4n) is 4.61. The second kappa shape index (κ2) is 15.7. The third kappa shape index (κ3) is 9.17. The number of anilines is 1. The van der Waals surface area contributed by atoms with Gasteiger partial charge in [-0.2, -0.15) is 0 Å². The Labute approximate surface area is 257 Å². The fraction of sp³-hybridized carbons (Fsp3) is 0.355. The first-order valence-electron chi connectivity index (χ1n) is 14.0. The van der Waals surface area contributed by atoms with E-state index >= 15 is 0 Å². The molecule has 0 saturated heterocycles. The van der Waals surface area contributed by atoms with Gasteiger partial charge in [-0.25, -0.2) is 8.42 Å². The Morgan fingerprint density at radius 2 is 1.68 bits per heavy atom. The summed E-state index contributed by atoms with van der Waals surface area (Å²) in [7, 11) is -1.36. The van der Waals surface area contributed by atoms with Crippen molar-refractivity contribution < 1.29 is 32.4 Å². The van der Waals surface area contributed by atoms with Crippen molar-refractivity contribution in [2.24, 2.45) is 0 Å². The van der Waals surface area contributed by atoms with Crippen LogP contribution in [0.15, 0.2) is 72.8 Å². The SMILES string of the molecule is CCCCNC(=O)C(Cc1ccccc1)N(Cc1cccc(OC)c1)C(=O)CN(c1cc([N+](=O)[O-])ccc1OC)S(C)(=O)=O. The molecule has 0 aliphatic heterocycles. The summed E-state index contributed by atoms with van der Waals surface area (Å²) in [5, 5.41) is 14.4. The lowest BCUT2D eigenvalue weighted by atomic mass is 10.0. The number of nitrogens with zero attached hydrogens (tertiary/aromatic N) is 3. The number of methoxy groups -OCH3 is 2. The Morgan fingerprint density at radius 3 is 2.30 bits per heavy atom. The minimum Gasteiger partial charge on any atom is -0.497 e. The quantitative estimate of drug-likeness (QED) is 0.143. The molecule has 1 N–H and O–H groups in total. The second-order valence-electron chi connectivity index (χ2n) is 10.1. The molecule has 0 aromatic heterocycles. The van der Waals surface area contributed by atoms with Crippen molar-refractivity contribution in [3.63, 3.8) is 0 Å². The summed E-state index contributed by atoms with van der Waals surface area (Å²) in [5.74, 6) is -0.525. The van der Waals surface area contributed by atoms with Gasteiger partial charge in [-0.15, -0.1) is 0 Å². The first kappa shape index (κ1) is 33.8. The van der Waals surface area contributed by atoms with Crippen LogP contribution in [0.2, 0.25) is 0 Å². The van der Waals surface area contributed by atoms with Gasteiger partial charge in [-0.05, 0) is 35.7 Å². The molecule has 3 aromatic rings. The summed E-state index contributed by atoms with van der Waals surface area (Å²) < 4.78 is 37.6. The van der Waals surface area contributed by atoms with Crippen LogP contribution in [0, 0.1) is 10.1 Å². The van der Waals surface area contributed by atoms with Crippen molar-refractivity contribution in [1.29, 1.82) is 0 Å². The Kier molecular flexibility index (Phi) is 12.1. The lowest BCUT2D eigenvalue weighted by Gasteiger charge is -2.33. The van der Waals surface area contributed by atoms with Crippen molar-refractivity contribution in [2.75, 3.05) is 37.9 Å². The van der Waals surface area contributed by atoms with Crippen LogP contribution in [0.3, 0.4) is 0 Å². The van der Waals surface area contributed by atoms with Gasteiger partial charge in [0.05, 0.1) is 25.4 Å². The van der Waals surface area contributed by atoms with Gasteiger partial charge < -0.3 is 19.7 Å². The molecule has 0 bridgehead atoms. The summed E-state index contributed by atoms with van der Waals surface area (Å²) in [6.07, 6.45) is 2.64. The molecular weight excluding hydrogens is 588 g/mol. The van der Waals surface area contributed by atoms with E-state index in [0.29, 0.717) is 17.9 Å². The van der Waals surface area contributed by atoms with E-state index in [1.165, 1.54) is 31.3 Å². The van der Waals surface area contributed by atoms with Crippen LogP contribution in [-0.2, 0) is 32.6 Å². The fourth-order valence-corrected chi connectivity index (χ4v) is 5.45. The molecular formula is C31H38N4O8S. The number of benzene rings is 3. The lowest BCUT2D eigenvalue weighted by Crippen LogP contribution is -2.53. The van der Waals surface area contributed by atoms with Crippen LogP contribution in [0.25, 0.3) is 0 Å². The van der Waals surface area contributed by atoms with E-state index in [4.69, 9.17) is 9.47 Å². The number of nitro groups is 1. The zero-order valence-electron chi connectivity index (χ0n) is 25.3. The number of carbonyl (C=O) groups excluding carboxylic acids is 2. The van der Waals surface area contributed by atoms with Gasteiger partial charge in [0.15, 0.2) is 0 Å². The molecule has 0 saturated carbocycles. The number of unbranched alkanes of at least 4 members (excludes halogenated alkanes) is 1. The number of nitro benzene ring substituents is 1.